The molecular weight excluding hydrogens is 358 g/mol. The molecule has 8 heteroatoms. The molecule has 0 atom stereocenters. The van der Waals surface area contributed by atoms with E-state index in [-0.39, 0.29) is 18.6 Å². The number of carbonyl (C=O) groups is 1. The molecule has 1 amide bonds. The second kappa shape index (κ2) is 8.98. The number of rotatable bonds is 8. The summed E-state index contributed by atoms with van der Waals surface area (Å²) in [4.78, 5) is 12.4. The van der Waals surface area contributed by atoms with Gasteiger partial charge < -0.3 is 14.8 Å². The first-order valence-electron chi connectivity index (χ1n) is 9.10. The van der Waals surface area contributed by atoms with Gasteiger partial charge in [0, 0.05) is 11.3 Å². The zero-order valence-corrected chi connectivity index (χ0v) is 16.1. The minimum Gasteiger partial charge on any atom is -0.494 e. The molecule has 8 nitrogen and oxygen atoms in total. The van der Waals surface area contributed by atoms with Crippen LogP contribution in [-0.4, -0.2) is 32.7 Å². The van der Waals surface area contributed by atoms with Crippen LogP contribution >= 0.6 is 0 Å². The molecule has 0 saturated carbocycles. The van der Waals surface area contributed by atoms with Crippen LogP contribution in [0.15, 0.2) is 48.5 Å². The fraction of sp³-hybridized carbons (Fsp3) is 0.300. The van der Waals surface area contributed by atoms with Crippen molar-refractivity contribution in [2.45, 2.75) is 33.4 Å². The summed E-state index contributed by atoms with van der Waals surface area (Å²) in [5.74, 6) is 1.85. The molecule has 0 spiro atoms. The van der Waals surface area contributed by atoms with E-state index in [0.29, 0.717) is 29.4 Å². The molecule has 1 N–H and O–H groups in total. The van der Waals surface area contributed by atoms with Crippen molar-refractivity contribution in [3.63, 3.8) is 0 Å². The van der Waals surface area contributed by atoms with Crippen LogP contribution in [0, 0.1) is 0 Å². The molecule has 0 aliphatic rings. The Morgan fingerprint density at radius 2 is 1.68 bits per heavy atom. The van der Waals surface area contributed by atoms with E-state index < -0.39 is 0 Å². The van der Waals surface area contributed by atoms with Gasteiger partial charge in [0.2, 0.25) is 0 Å². The average Bonchev–Trinajstić information content (AvgIpc) is 3.17. The number of aromatic nitrogens is 4. The Labute approximate surface area is 163 Å². The van der Waals surface area contributed by atoms with Crippen LogP contribution in [0.2, 0.25) is 0 Å². The van der Waals surface area contributed by atoms with Crippen LogP contribution in [0.3, 0.4) is 0 Å². The summed E-state index contributed by atoms with van der Waals surface area (Å²) in [6.45, 7) is 6.78. The van der Waals surface area contributed by atoms with E-state index in [9.17, 15) is 4.79 Å². The van der Waals surface area contributed by atoms with Crippen molar-refractivity contribution >= 4 is 11.6 Å². The molecule has 0 aliphatic carbocycles. The maximum atomic E-state index is 12.4. The van der Waals surface area contributed by atoms with E-state index in [1.807, 2.05) is 32.9 Å². The van der Waals surface area contributed by atoms with Crippen LogP contribution < -0.4 is 14.8 Å². The number of benzene rings is 2. The number of anilines is 1. The summed E-state index contributed by atoms with van der Waals surface area (Å²) in [5, 5.41) is 14.4. The molecule has 28 heavy (non-hydrogen) atoms. The zero-order chi connectivity index (χ0) is 19.9. The number of nitrogens with zero attached hydrogens (tertiary/aromatic N) is 4. The first-order chi connectivity index (χ1) is 13.6. The molecule has 0 fully saturated rings. The van der Waals surface area contributed by atoms with Crippen molar-refractivity contribution < 1.29 is 14.3 Å². The van der Waals surface area contributed by atoms with Gasteiger partial charge in [-0.25, -0.2) is 4.68 Å². The Kier molecular flexibility index (Phi) is 6.21. The van der Waals surface area contributed by atoms with Gasteiger partial charge in [0.1, 0.15) is 18.1 Å². The van der Waals surface area contributed by atoms with E-state index in [0.717, 1.165) is 5.75 Å². The summed E-state index contributed by atoms with van der Waals surface area (Å²) in [6, 6.07) is 14.3. The average molecular weight is 381 g/mol. The number of hydrogen-bond donors (Lipinski definition) is 1. The second-order valence-electron chi connectivity index (χ2n) is 6.36. The van der Waals surface area contributed by atoms with E-state index in [1.54, 1.807) is 41.1 Å². The Morgan fingerprint density at radius 3 is 2.32 bits per heavy atom. The fourth-order valence-corrected chi connectivity index (χ4v) is 2.56. The lowest BCUT2D eigenvalue weighted by atomic mass is 10.2. The molecular formula is C20H23N5O3. The van der Waals surface area contributed by atoms with Gasteiger partial charge in [-0.1, -0.05) is 0 Å². The quantitative estimate of drug-likeness (QED) is 0.642. The van der Waals surface area contributed by atoms with Crippen LogP contribution in [0.5, 0.6) is 11.5 Å². The molecule has 3 aromatic rings. The van der Waals surface area contributed by atoms with Crippen LogP contribution in [-0.2, 0) is 6.61 Å². The maximum absolute atomic E-state index is 12.4. The van der Waals surface area contributed by atoms with E-state index in [1.165, 1.54) is 0 Å². The molecule has 0 unspecified atom stereocenters. The molecule has 2 aromatic carbocycles. The summed E-state index contributed by atoms with van der Waals surface area (Å²) in [7, 11) is 0. The summed E-state index contributed by atoms with van der Waals surface area (Å²) >= 11 is 0. The van der Waals surface area contributed by atoms with Crippen LogP contribution in [0.1, 0.15) is 43.0 Å². The highest BCUT2D eigenvalue weighted by atomic mass is 16.5. The Bertz CT molecular complexity index is 904. The van der Waals surface area contributed by atoms with Gasteiger partial charge in [-0.05, 0) is 79.7 Å². The monoisotopic (exact) mass is 381 g/mol. The first kappa shape index (κ1) is 19.3. The molecule has 1 heterocycles. The smallest absolute Gasteiger partial charge is 0.255 e. The molecule has 0 aliphatic heterocycles. The van der Waals surface area contributed by atoms with Crippen molar-refractivity contribution in [3.8, 4) is 11.5 Å². The van der Waals surface area contributed by atoms with Gasteiger partial charge >= 0.3 is 0 Å². The van der Waals surface area contributed by atoms with Crippen molar-refractivity contribution in [1.82, 2.24) is 20.2 Å². The predicted molar refractivity (Wildman–Crippen MR) is 105 cm³/mol. The summed E-state index contributed by atoms with van der Waals surface area (Å²) in [5.41, 5.74) is 1.24. The SMILES string of the molecule is CCOc1ccc(NC(=O)c2ccc(OCc3nnnn3C(C)C)cc2)cc1. The second-order valence-corrected chi connectivity index (χ2v) is 6.36. The summed E-state index contributed by atoms with van der Waals surface area (Å²) < 4.78 is 12.8. The fourth-order valence-electron chi connectivity index (χ4n) is 2.56. The lowest BCUT2D eigenvalue weighted by molar-refractivity contribution is 0.102. The number of nitrogens with one attached hydrogen (secondary N) is 1. The lowest BCUT2D eigenvalue weighted by Crippen LogP contribution is -2.12. The minimum absolute atomic E-state index is 0.155. The standard InChI is InChI=1S/C20H23N5O3/c1-4-27-17-11-7-16(8-12-17)21-20(26)15-5-9-18(10-6-15)28-13-19-22-23-24-25(19)14(2)3/h5-12,14H,4,13H2,1-3H3,(H,21,26). The maximum Gasteiger partial charge on any atom is 0.255 e. The van der Waals surface area contributed by atoms with Crippen molar-refractivity contribution in [2.75, 3.05) is 11.9 Å². The molecule has 3 rings (SSSR count). The third kappa shape index (κ3) is 4.85. The van der Waals surface area contributed by atoms with E-state index >= 15 is 0 Å². The molecule has 1 aromatic heterocycles. The first-order valence-corrected chi connectivity index (χ1v) is 9.10. The number of amides is 1. The third-order valence-electron chi connectivity index (χ3n) is 3.96. The van der Waals surface area contributed by atoms with Gasteiger partial charge in [0.25, 0.3) is 5.91 Å². The minimum atomic E-state index is -0.195. The van der Waals surface area contributed by atoms with Gasteiger partial charge in [-0.2, -0.15) is 0 Å². The summed E-state index contributed by atoms with van der Waals surface area (Å²) in [6.07, 6.45) is 0. The largest absolute Gasteiger partial charge is 0.494 e. The van der Waals surface area contributed by atoms with E-state index in [2.05, 4.69) is 20.8 Å². The van der Waals surface area contributed by atoms with Crippen molar-refractivity contribution in [1.29, 1.82) is 0 Å². The highest BCUT2D eigenvalue weighted by Crippen LogP contribution is 2.18. The molecule has 146 valence electrons. The third-order valence-corrected chi connectivity index (χ3v) is 3.96. The topological polar surface area (TPSA) is 91.2 Å². The van der Waals surface area contributed by atoms with Gasteiger partial charge in [0.05, 0.1) is 12.6 Å². The number of hydrogen-bond acceptors (Lipinski definition) is 6. The lowest BCUT2D eigenvalue weighted by Gasteiger charge is -2.10. The Hall–Kier alpha value is -3.42. The molecule has 0 radical (unpaired) electrons. The van der Waals surface area contributed by atoms with Crippen LogP contribution in [0.25, 0.3) is 0 Å². The zero-order valence-electron chi connectivity index (χ0n) is 16.1. The van der Waals surface area contributed by atoms with E-state index in [4.69, 9.17) is 9.47 Å². The van der Waals surface area contributed by atoms with Gasteiger partial charge in [0.15, 0.2) is 5.82 Å². The van der Waals surface area contributed by atoms with Crippen molar-refractivity contribution in [2.24, 2.45) is 0 Å². The highest BCUT2D eigenvalue weighted by Gasteiger charge is 2.10. The number of carbonyl (C=O) groups excluding carboxylic acids is 1. The van der Waals surface area contributed by atoms with Gasteiger partial charge in [-0.15, -0.1) is 5.10 Å². The molecule has 0 bridgehead atoms. The normalized spacial score (nSPS) is 10.7. The van der Waals surface area contributed by atoms with Gasteiger partial charge in [-0.3, -0.25) is 4.79 Å². The molecule has 0 saturated heterocycles. The number of tetrazole rings is 1. The predicted octanol–water partition coefficient (Wildman–Crippen LogP) is 3.48. The Morgan fingerprint density at radius 1 is 1.04 bits per heavy atom. The number of ether oxygens (including phenoxy) is 2. The van der Waals surface area contributed by atoms with Crippen molar-refractivity contribution in [3.05, 3.63) is 59.9 Å². The van der Waals surface area contributed by atoms with Crippen LogP contribution in [0.4, 0.5) is 5.69 Å². The Balaban J connectivity index is 1.57. The highest BCUT2D eigenvalue weighted by molar-refractivity contribution is 6.04.